The molecule has 0 aliphatic rings. The number of rotatable bonds is 4. The summed E-state index contributed by atoms with van der Waals surface area (Å²) in [4.78, 5) is 0. The molecular formula is C14H11Cl2F2NO. The Morgan fingerprint density at radius 3 is 2.55 bits per heavy atom. The third-order valence-corrected chi connectivity index (χ3v) is 3.24. The molecule has 6 heteroatoms. The van der Waals surface area contributed by atoms with Gasteiger partial charge < -0.3 is 10.1 Å². The normalized spacial score (nSPS) is 10.4. The molecule has 0 aliphatic heterocycles. The van der Waals surface area contributed by atoms with E-state index in [-0.39, 0.29) is 17.3 Å². The van der Waals surface area contributed by atoms with Crippen LogP contribution in [0.1, 0.15) is 5.56 Å². The average Bonchev–Trinajstić information content (AvgIpc) is 2.37. The van der Waals surface area contributed by atoms with E-state index in [4.69, 9.17) is 27.9 Å². The summed E-state index contributed by atoms with van der Waals surface area (Å²) < 4.78 is 31.8. The van der Waals surface area contributed by atoms with Gasteiger partial charge in [0, 0.05) is 23.2 Å². The van der Waals surface area contributed by atoms with E-state index in [0.29, 0.717) is 10.8 Å². The second-order valence-electron chi connectivity index (χ2n) is 4.05. The molecule has 0 bridgehead atoms. The van der Waals surface area contributed by atoms with E-state index in [1.54, 1.807) is 18.2 Å². The van der Waals surface area contributed by atoms with Crippen LogP contribution in [0.3, 0.4) is 0 Å². The summed E-state index contributed by atoms with van der Waals surface area (Å²) in [6.45, 7) is 0.242. The molecule has 2 nitrogen and oxygen atoms in total. The number of hydrogen-bond donors (Lipinski definition) is 1. The van der Waals surface area contributed by atoms with Crippen LogP contribution in [0.4, 0.5) is 14.5 Å². The Hall–Kier alpha value is -1.52. The van der Waals surface area contributed by atoms with Gasteiger partial charge in [-0.2, -0.15) is 0 Å². The molecule has 0 heterocycles. The zero-order valence-corrected chi connectivity index (χ0v) is 12.0. The molecule has 2 aromatic rings. The van der Waals surface area contributed by atoms with E-state index < -0.39 is 11.6 Å². The molecule has 2 aromatic carbocycles. The van der Waals surface area contributed by atoms with Gasteiger partial charge in [-0.3, -0.25) is 0 Å². The minimum Gasteiger partial charge on any atom is -0.496 e. The Morgan fingerprint density at radius 2 is 1.90 bits per heavy atom. The molecule has 2 rings (SSSR count). The smallest absolute Gasteiger partial charge is 0.150 e. The van der Waals surface area contributed by atoms with Crippen LogP contribution in [0.2, 0.25) is 10.0 Å². The number of nitrogens with one attached hydrogen (secondary N) is 1. The number of methoxy groups -OCH3 is 1. The standard InChI is InChI=1S/C14H11Cl2F2NO/c1-20-13-3-2-9(15)4-8(13)7-19-14-11(16)5-10(17)6-12(14)18/h2-6,19H,7H2,1H3. The SMILES string of the molecule is COc1ccc(Cl)cc1CNc1c(F)cc(F)cc1Cl. The van der Waals surface area contributed by atoms with Crippen molar-refractivity contribution in [2.75, 3.05) is 12.4 Å². The average molecular weight is 318 g/mol. The Balaban J connectivity index is 2.23. The van der Waals surface area contributed by atoms with Crippen LogP contribution in [0.5, 0.6) is 5.75 Å². The number of benzene rings is 2. The molecule has 0 saturated carbocycles. The molecule has 0 spiro atoms. The molecule has 0 aromatic heterocycles. The first-order valence-corrected chi connectivity index (χ1v) is 6.47. The molecule has 20 heavy (non-hydrogen) atoms. The van der Waals surface area contributed by atoms with Gasteiger partial charge in [0.05, 0.1) is 17.8 Å². The topological polar surface area (TPSA) is 21.3 Å². The van der Waals surface area contributed by atoms with Gasteiger partial charge in [-0.05, 0) is 24.3 Å². The lowest BCUT2D eigenvalue weighted by molar-refractivity contribution is 0.410. The van der Waals surface area contributed by atoms with Crippen LogP contribution in [-0.2, 0) is 6.54 Å². The molecule has 0 saturated heterocycles. The molecule has 0 radical (unpaired) electrons. The predicted molar refractivity (Wildman–Crippen MR) is 76.7 cm³/mol. The van der Waals surface area contributed by atoms with Gasteiger partial charge in [0.2, 0.25) is 0 Å². The molecular weight excluding hydrogens is 307 g/mol. The first kappa shape index (κ1) is 14.9. The maximum Gasteiger partial charge on any atom is 0.150 e. The highest BCUT2D eigenvalue weighted by molar-refractivity contribution is 6.33. The van der Waals surface area contributed by atoms with Gasteiger partial charge in [-0.25, -0.2) is 8.78 Å². The van der Waals surface area contributed by atoms with E-state index in [1.807, 2.05) is 0 Å². The molecule has 0 unspecified atom stereocenters. The van der Waals surface area contributed by atoms with Crippen molar-refractivity contribution >= 4 is 28.9 Å². The second-order valence-corrected chi connectivity index (χ2v) is 4.90. The first-order valence-electron chi connectivity index (χ1n) is 5.72. The van der Waals surface area contributed by atoms with E-state index in [9.17, 15) is 8.78 Å². The van der Waals surface area contributed by atoms with Crippen LogP contribution in [0, 0.1) is 11.6 Å². The van der Waals surface area contributed by atoms with Gasteiger partial charge in [0.15, 0.2) is 5.82 Å². The van der Waals surface area contributed by atoms with Crippen molar-refractivity contribution in [2.45, 2.75) is 6.54 Å². The summed E-state index contributed by atoms with van der Waals surface area (Å²) in [5.41, 5.74) is 0.773. The highest BCUT2D eigenvalue weighted by Gasteiger charge is 2.11. The van der Waals surface area contributed by atoms with Crippen LogP contribution in [0.25, 0.3) is 0 Å². The fraction of sp³-hybridized carbons (Fsp3) is 0.143. The van der Waals surface area contributed by atoms with E-state index in [0.717, 1.165) is 17.7 Å². The van der Waals surface area contributed by atoms with Gasteiger partial charge in [-0.15, -0.1) is 0 Å². The Morgan fingerprint density at radius 1 is 1.15 bits per heavy atom. The van der Waals surface area contributed by atoms with Crippen LogP contribution in [-0.4, -0.2) is 7.11 Å². The van der Waals surface area contributed by atoms with Crippen molar-refractivity contribution in [2.24, 2.45) is 0 Å². The van der Waals surface area contributed by atoms with Crippen molar-refractivity contribution in [1.82, 2.24) is 0 Å². The zero-order valence-electron chi connectivity index (χ0n) is 10.5. The molecule has 0 aliphatic carbocycles. The summed E-state index contributed by atoms with van der Waals surface area (Å²) in [6, 6.07) is 6.91. The Labute approximate surface area is 125 Å². The fourth-order valence-corrected chi connectivity index (χ4v) is 2.24. The van der Waals surface area contributed by atoms with Crippen molar-refractivity contribution in [1.29, 1.82) is 0 Å². The second kappa shape index (κ2) is 6.29. The molecule has 106 valence electrons. The van der Waals surface area contributed by atoms with E-state index in [2.05, 4.69) is 5.32 Å². The quantitative estimate of drug-likeness (QED) is 0.866. The minimum atomic E-state index is -0.754. The fourth-order valence-electron chi connectivity index (χ4n) is 1.78. The van der Waals surface area contributed by atoms with Gasteiger partial charge >= 0.3 is 0 Å². The van der Waals surface area contributed by atoms with Gasteiger partial charge in [0.25, 0.3) is 0 Å². The van der Waals surface area contributed by atoms with Crippen molar-refractivity contribution in [3.63, 3.8) is 0 Å². The third-order valence-electron chi connectivity index (χ3n) is 2.70. The molecule has 0 atom stereocenters. The molecule has 0 fully saturated rings. The predicted octanol–water partition coefficient (Wildman–Crippen LogP) is 4.89. The van der Waals surface area contributed by atoms with Gasteiger partial charge in [-0.1, -0.05) is 23.2 Å². The summed E-state index contributed by atoms with van der Waals surface area (Å²) >= 11 is 11.7. The summed E-state index contributed by atoms with van der Waals surface area (Å²) in [5, 5.41) is 3.33. The summed E-state index contributed by atoms with van der Waals surface area (Å²) in [5.74, 6) is -0.866. The highest BCUT2D eigenvalue weighted by Crippen LogP contribution is 2.29. The molecule has 0 amide bonds. The molecule has 1 N–H and O–H groups in total. The van der Waals surface area contributed by atoms with Crippen molar-refractivity contribution in [3.05, 3.63) is 57.6 Å². The number of halogens is 4. The Bertz CT molecular complexity index is 612. The van der Waals surface area contributed by atoms with Gasteiger partial charge in [0.1, 0.15) is 11.6 Å². The summed E-state index contributed by atoms with van der Waals surface area (Å²) in [7, 11) is 1.53. The largest absolute Gasteiger partial charge is 0.496 e. The first-order chi connectivity index (χ1) is 9.51. The van der Waals surface area contributed by atoms with Crippen molar-refractivity contribution < 1.29 is 13.5 Å². The zero-order chi connectivity index (χ0) is 14.7. The summed E-state index contributed by atoms with van der Waals surface area (Å²) in [6.07, 6.45) is 0. The number of ether oxygens (including phenoxy) is 1. The monoisotopic (exact) mass is 317 g/mol. The maximum atomic E-state index is 13.6. The van der Waals surface area contributed by atoms with E-state index >= 15 is 0 Å². The van der Waals surface area contributed by atoms with Crippen LogP contribution >= 0.6 is 23.2 Å². The minimum absolute atomic E-state index is 0.0245. The Kier molecular flexibility index (Phi) is 4.68. The van der Waals surface area contributed by atoms with E-state index in [1.165, 1.54) is 7.11 Å². The number of anilines is 1. The van der Waals surface area contributed by atoms with Crippen molar-refractivity contribution in [3.8, 4) is 5.75 Å². The highest BCUT2D eigenvalue weighted by atomic mass is 35.5. The third kappa shape index (κ3) is 3.32. The lowest BCUT2D eigenvalue weighted by Gasteiger charge is -2.12. The van der Waals surface area contributed by atoms with Crippen LogP contribution in [0.15, 0.2) is 30.3 Å². The maximum absolute atomic E-state index is 13.6. The van der Waals surface area contributed by atoms with Crippen LogP contribution < -0.4 is 10.1 Å². The number of hydrogen-bond acceptors (Lipinski definition) is 2. The lowest BCUT2D eigenvalue weighted by atomic mass is 10.2. The lowest BCUT2D eigenvalue weighted by Crippen LogP contribution is -2.04.